The van der Waals surface area contributed by atoms with Crippen LogP contribution in [0, 0.1) is 34.5 Å². The van der Waals surface area contributed by atoms with Crippen molar-refractivity contribution in [2.75, 3.05) is 0 Å². The first-order chi connectivity index (χ1) is 13.0. The lowest BCUT2D eigenvalue weighted by Crippen LogP contribution is -2.63. The van der Waals surface area contributed by atoms with Crippen LogP contribution >= 0.6 is 22.6 Å². The maximum Gasteiger partial charge on any atom is 0.233 e. The second-order valence-electron chi connectivity index (χ2n) is 11.6. The van der Waals surface area contributed by atoms with E-state index in [1.807, 2.05) is 0 Å². The highest BCUT2D eigenvalue weighted by Crippen LogP contribution is 2.65. The summed E-state index contributed by atoms with van der Waals surface area (Å²) in [7, 11) is 0. The summed E-state index contributed by atoms with van der Waals surface area (Å²) in [6.45, 7) is 11.1. The first-order valence-electron chi connectivity index (χ1n) is 11.2. The summed E-state index contributed by atoms with van der Waals surface area (Å²) in [5, 5.41) is 6.62. The Morgan fingerprint density at radius 2 is 1.75 bits per heavy atom. The lowest BCUT2D eigenvalue weighted by molar-refractivity contribution is -0.141. The molecule has 28 heavy (non-hydrogen) atoms. The van der Waals surface area contributed by atoms with E-state index in [1.54, 1.807) is 0 Å². The maximum atomic E-state index is 13.1. The van der Waals surface area contributed by atoms with Crippen LogP contribution in [0.15, 0.2) is 0 Å². The number of amides is 2. The fraction of sp³-hybridized carbons (Fsp3) is 0.913. The van der Waals surface area contributed by atoms with Crippen LogP contribution in [0.25, 0.3) is 0 Å². The van der Waals surface area contributed by atoms with Crippen LogP contribution in [0.4, 0.5) is 0 Å². The van der Waals surface area contributed by atoms with Crippen molar-refractivity contribution in [2.45, 2.75) is 95.1 Å². The molecule has 4 fully saturated rings. The fourth-order valence-corrected chi connectivity index (χ4v) is 8.74. The number of nitrogens with one attached hydrogen (secondary N) is 2. The quantitative estimate of drug-likeness (QED) is 0.413. The van der Waals surface area contributed by atoms with E-state index in [4.69, 9.17) is 0 Å². The molecule has 3 aliphatic carbocycles. The molecule has 2 N–H and O–H groups in total. The molecule has 1 aliphatic heterocycles. The van der Waals surface area contributed by atoms with E-state index >= 15 is 0 Å². The first kappa shape index (κ1) is 20.9. The summed E-state index contributed by atoms with van der Waals surface area (Å²) in [5.74, 6) is 2.73. The highest BCUT2D eigenvalue weighted by atomic mass is 127. The Hall–Kier alpha value is -0.330. The Morgan fingerprint density at radius 1 is 1.07 bits per heavy atom. The topological polar surface area (TPSA) is 58.2 Å². The average Bonchev–Trinajstić information content (AvgIpc) is 2.92. The van der Waals surface area contributed by atoms with Crippen molar-refractivity contribution in [2.24, 2.45) is 34.5 Å². The van der Waals surface area contributed by atoms with Crippen molar-refractivity contribution < 1.29 is 9.59 Å². The van der Waals surface area contributed by atoms with Crippen molar-refractivity contribution in [3.8, 4) is 0 Å². The van der Waals surface area contributed by atoms with Gasteiger partial charge in [-0.05, 0) is 94.3 Å². The number of hydrogen-bond acceptors (Lipinski definition) is 2. The molecule has 4 rings (SSSR count). The van der Waals surface area contributed by atoms with Crippen LogP contribution in [0.5, 0.6) is 0 Å². The zero-order chi connectivity index (χ0) is 20.5. The molecule has 8 atom stereocenters. The van der Waals surface area contributed by atoms with Gasteiger partial charge in [0, 0.05) is 17.5 Å². The molecule has 0 aromatic rings. The lowest BCUT2D eigenvalue weighted by Gasteiger charge is -2.60. The first-order valence-corrected chi connectivity index (χ1v) is 12.5. The van der Waals surface area contributed by atoms with Gasteiger partial charge in [-0.25, -0.2) is 0 Å². The molecule has 5 heteroatoms. The van der Waals surface area contributed by atoms with Crippen LogP contribution in [-0.2, 0) is 9.59 Å². The monoisotopic (exact) mass is 500 g/mol. The Bertz CT molecular complexity index is 674. The molecule has 3 unspecified atom stereocenters. The van der Waals surface area contributed by atoms with E-state index in [0.29, 0.717) is 23.8 Å². The van der Waals surface area contributed by atoms with Gasteiger partial charge < -0.3 is 10.6 Å². The molecule has 158 valence electrons. The van der Waals surface area contributed by atoms with Gasteiger partial charge in [0.2, 0.25) is 11.8 Å². The summed E-state index contributed by atoms with van der Waals surface area (Å²) < 4.78 is 0.0970. The molecule has 3 saturated carbocycles. The van der Waals surface area contributed by atoms with Gasteiger partial charge in [0.05, 0.1) is 3.92 Å². The van der Waals surface area contributed by atoms with Gasteiger partial charge >= 0.3 is 0 Å². The number of rotatable bonds is 1. The zero-order valence-corrected chi connectivity index (χ0v) is 20.3. The minimum atomic E-state index is -0.163. The average molecular weight is 500 g/mol. The van der Waals surface area contributed by atoms with Gasteiger partial charge in [0.15, 0.2) is 0 Å². The predicted molar refractivity (Wildman–Crippen MR) is 120 cm³/mol. The van der Waals surface area contributed by atoms with E-state index in [9.17, 15) is 9.59 Å². The third-order valence-corrected chi connectivity index (χ3v) is 9.91. The number of halogens is 1. The summed E-state index contributed by atoms with van der Waals surface area (Å²) in [5.41, 5.74) is 0.195. The molecule has 1 saturated heterocycles. The van der Waals surface area contributed by atoms with Crippen molar-refractivity contribution in [1.82, 2.24) is 10.6 Å². The summed E-state index contributed by atoms with van der Waals surface area (Å²) in [6.07, 6.45) is 7.94. The third-order valence-electron chi connectivity index (χ3n) is 8.90. The van der Waals surface area contributed by atoms with Crippen LogP contribution < -0.4 is 10.6 Å². The second-order valence-corrected chi connectivity index (χ2v) is 13.1. The van der Waals surface area contributed by atoms with Gasteiger partial charge in [0.1, 0.15) is 0 Å². The second kappa shape index (κ2) is 6.84. The molecule has 0 bridgehead atoms. The summed E-state index contributed by atoms with van der Waals surface area (Å²) in [6, 6.07) is 0.345. The van der Waals surface area contributed by atoms with Crippen LogP contribution in [0.2, 0.25) is 0 Å². The molecule has 1 heterocycles. The Labute approximate surface area is 183 Å². The molecule has 0 spiro atoms. The Balaban J connectivity index is 1.56. The van der Waals surface area contributed by atoms with Crippen molar-refractivity contribution >= 4 is 34.4 Å². The maximum absolute atomic E-state index is 13.1. The molecular formula is C23H37IN2O2. The smallest absolute Gasteiger partial charge is 0.233 e. The largest absolute Gasteiger partial charge is 0.352 e. The normalized spacial score (nSPS) is 48.1. The van der Waals surface area contributed by atoms with E-state index in [2.05, 4.69) is 67.8 Å². The molecule has 0 aromatic carbocycles. The SMILES string of the molecule is CC(C)(C)NC(=O)C1CC[C@H]2[C@@H]3CCC4NC(=O)C(I)C[C@]4(C)[C@@H]3CC[C@]12C. The number of alkyl halides is 1. The van der Waals surface area contributed by atoms with Gasteiger partial charge in [-0.1, -0.05) is 36.4 Å². The summed E-state index contributed by atoms with van der Waals surface area (Å²) >= 11 is 2.34. The van der Waals surface area contributed by atoms with E-state index in [0.717, 1.165) is 25.7 Å². The molecule has 4 nitrogen and oxygen atoms in total. The minimum absolute atomic E-state index is 0.0970. The minimum Gasteiger partial charge on any atom is -0.352 e. The fourth-order valence-electron chi connectivity index (χ4n) is 7.62. The summed E-state index contributed by atoms with van der Waals surface area (Å²) in [4.78, 5) is 25.3. The zero-order valence-electron chi connectivity index (χ0n) is 18.1. The van der Waals surface area contributed by atoms with Crippen molar-refractivity contribution in [3.05, 3.63) is 0 Å². The molecule has 0 radical (unpaired) electrons. The highest BCUT2D eigenvalue weighted by molar-refractivity contribution is 14.1. The van der Waals surface area contributed by atoms with Crippen molar-refractivity contribution in [3.63, 3.8) is 0 Å². The third kappa shape index (κ3) is 3.22. The molecule has 0 aromatic heterocycles. The van der Waals surface area contributed by atoms with Gasteiger partial charge in [-0.15, -0.1) is 0 Å². The highest BCUT2D eigenvalue weighted by Gasteiger charge is 2.62. The number of fused-ring (bicyclic) bond motifs is 5. The Kier molecular flexibility index (Phi) is 5.11. The lowest BCUT2D eigenvalue weighted by atomic mass is 9.47. The van der Waals surface area contributed by atoms with Gasteiger partial charge in [-0.3, -0.25) is 9.59 Å². The number of carbonyl (C=O) groups excluding carboxylic acids is 2. The van der Waals surface area contributed by atoms with Gasteiger partial charge in [-0.2, -0.15) is 0 Å². The Morgan fingerprint density at radius 3 is 2.43 bits per heavy atom. The molecular weight excluding hydrogens is 463 g/mol. The number of hydrogen-bond donors (Lipinski definition) is 2. The predicted octanol–water partition coefficient (Wildman–Crippen LogP) is 4.45. The van der Waals surface area contributed by atoms with Crippen molar-refractivity contribution in [1.29, 1.82) is 0 Å². The van der Waals surface area contributed by atoms with Crippen LogP contribution in [0.3, 0.4) is 0 Å². The number of carbonyl (C=O) groups is 2. The van der Waals surface area contributed by atoms with E-state index in [1.165, 1.54) is 19.3 Å². The van der Waals surface area contributed by atoms with E-state index < -0.39 is 0 Å². The standard InChI is InChI=1S/C23H37IN2O2/c1-21(2,3)26-19(27)16-8-7-14-13-6-9-18-23(5,12-17(24)20(28)25-18)15(13)10-11-22(14,16)4/h13-18H,6-12H2,1-5H3,(H,25,28)(H,26,27)/t13-,14-,15+,16?,17?,18?,22-,23+/m0/s1. The molecule has 4 aliphatic rings. The molecule has 2 amide bonds. The van der Waals surface area contributed by atoms with E-state index in [-0.39, 0.29) is 38.0 Å². The van der Waals surface area contributed by atoms with Gasteiger partial charge in [0.25, 0.3) is 0 Å². The number of piperidine rings is 1. The van der Waals surface area contributed by atoms with Crippen LogP contribution in [0.1, 0.15) is 79.6 Å². The van der Waals surface area contributed by atoms with Crippen LogP contribution in [-0.4, -0.2) is 27.3 Å².